The van der Waals surface area contributed by atoms with Gasteiger partial charge in [-0.05, 0) is 41.3 Å². The van der Waals surface area contributed by atoms with E-state index in [0.717, 1.165) is 11.1 Å². The molecule has 146 valence electrons. The summed E-state index contributed by atoms with van der Waals surface area (Å²) >= 11 is 5.83. The predicted octanol–water partition coefficient (Wildman–Crippen LogP) is 4.11. The molecular weight excluding hydrogens is 387 g/mol. The highest BCUT2D eigenvalue weighted by atomic mass is 35.5. The third-order valence-corrected chi connectivity index (χ3v) is 7.11. The molecule has 0 bridgehead atoms. The molecule has 1 saturated heterocycles. The number of halogens is 2. The van der Waals surface area contributed by atoms with Crippen LogP contribution >= 0.6 is 11.6 Å². The molecule has 0 saturated carbocycles. The van der Waals surface area contributed by atoms with Gasteiger partial charge in [0.1, 0.15) is 5.82 Å². The molecule has 1 fully saturated rings. The maximum absolute atomic E-state index is 13.3. The summed E-state index contributed by atoms with van der Waals surface area (Å²) in [4.78, 5) is 2.49. The molecule has 4 nitrogen and oxygen atoms in total. The molecule has 7 heteroatoms. The van der Waals surface area contributed by atoms with E-state index in [4.69, 9.17) is 11.6 Å². The fourth-order valence-electron chi connectivity index (χ4n) is 3.20. The van der Waals surface area contributed by atoms with Crippen LogP contribution in [0.15, 0.2) is 47.4 Å². The summed E-state index contributed by atoms with van der Waals surface area (Å²) in [5.74, 6) is -0.0647. The lowest BCUT2D eigenvalue weighted by Crippen LogP contribution is -2.48. The quantitative estimate of drug-likeness (QED) is 0.744. The Hall–Kier alpha value is -1.47. The molecule has 0 N–H and O–H groups in total. The molecular formula is C20H24ClFN2O2S. The number of sulfonamides is 1. The van der Waals surface area contributed by atoms with Gasteiger partial charge in [0, 0.05) is 32.7 Å². The third kappa shape index (κ3) is 4.69. The van der Waals surface area contributed by atoms with Gasteiger partial charge in [-0.3, -0.25) is 4.90 Å². The van der Waals surface area contributed by atoms with E-state index < -0.39 is 15.8 Å². The van der Waals surface area contributed by atoms with Gasteiger partial charge >= 0.3 is 0 Å². The number of hydrogen-bond acceptors (Lipinski definition) is 3. The van der Waals surface area contributed by atoms with Gasteiger partial charge < -0.3 is 0 Å². The van der Waals surface area contributed by atoms with Gasteiger partial charge in [0.25, 0.3) is 0 Å². The number of hydrogen-bond donors (Lipinski definition) is 0. The summed E-state index contributed by atoms with van der Waals surface area (Å²) in [6.07, 6.45) is 0. The minimum absolute atomic E-state index is 0.110. The van der Waals surface area contributed by atoms with Crippen LogP contribution in [0.25, 0.3) is 0 Å². The zero-order valence-corrected chi connectivity index (χ0v) is 17.1. The van der Waals surface area contributed by atoms with E-state index in [1.54, 1.807) is 24.3 Å². The van der Waals surface area contributed by atoms with E-state index in [1.165, 1.54) is 10.4 Å². The van der Waals surface area contributed by atoms with Gasteiger partial charge in [0.2, 0.25) is 10.0 Å². The maximum atomic E-state index is 13.3. The fraction of sp³-hybridized carbons (Fsp3) is 0.400. The van der Waals surface area contributed by atoms with Crippen molar-refractivity contribution in [2.24, 2.45) is 0 Å². The Kier molecular flexibility index (Phi) is 6.21. The average Bonchev–Trinajstić information content (AvgIpc) is 2.65. The molecule has 2 aromatic carbocycles. The zero-order valence-electron chi connectivity index (χ0n) is 15.5. The van der Waals surface area contributed by atoms with Crippen LogP contribution in [0.4, 0.5) is 4.39 Å². The van der Waals surface area contributed by atoms with Crippen LogP contribution in [0, 0.1) is 5.82 Å². The monoisotopic (exact) mass is 410 g/mol. The van der Waals surface area contributed by atoms with Crippen LogP contribution in [0.2, 0.25) is 5.02 Å². The SMILES string of the molecule is CC(C)c1ccc(S(=O)(=O)N2CCN(Cc3ccc(F)c(Cl)c3)CC2)cc1. The Bertz CT molecular complexity index is 893. The summed E-state index contributed by atoms with van der Waals surface area (Å²) in [5, 5.41) is 0.110. The van der Waals surface area contributed by atoms with Crippen molar-refractivity contribution in [3.05, 3.63) is 64.4 Å². The van der Waals surface area contributed by atoms with Crippen LogP contribution < -0.4 is 0 Å². The molecule has 0 spiro atoms. The largest absolute Gasteiger partial charge is 0.296 e. The number of nitrogens with zero attached hydrogens (tertiary/aromatic N) is 2. The van der Waals surface area contributed by atoms with E-state index in [2.05, 4.69) is 18.7 Å². The highest BCUT2D eigenvalue weighted by Gasteiger charge is 2.28. The topological polar surface area (TPSA) is 40.6 Å². The molecule has 0 radical (unpaired) electrons. The summed E-state index contributed by atoms with van der Waals surface area (Å²) in [5.41, 5.74) is 2.04. The normalized spacial score (nSPS) is 16.8. The summed E-state index contributed by atoms with van der Waals surface area (Å²) in [6, 6.07) is 11.8. The molecule has 1 aliphatic rings. The molecule has 2 aromatic rings. The first-order valence-corrected chi connectivity index (χ1v) is 10.9. The van der Waals surface area contributed by atoms with Crippen molar-refractivity contribution in [3.63, 3.8) is 0 Å². The van der Waals surface area contributed by atoms with Gasteiger partial charge in [-0.2, -0.15) is 4.31 Å². The molecule has 0 unspecified atom stereocenters. The van der Waals surface area contributed by atoms with E-state index in [-0.39, 0.29) is 5.02 Å². The smallest absolute Gasteiger partial charge is 0.243 e. The van der Waals surface area contributed by atoms with Gasteiger partial charge in [0.15, 0.2) is 0 Å². The van der Waals surface area contributed by atoms with Crippen LogP contribution in [-0.2, 0) is 16.6 Å². The molecule has 27 heavy (non-hydrogen) atoms. The fourth-order valence-corrected chi connectivity index (χ4v) is 4.82. The number of benzene rings is 2. The Labute approximate surface area is 165 Å². The van der Waals surface area contributed by atoms with E-state index in [1.807, 2.05) is 12.1 Å². The second-order valence-electron chi connectivity index (χ2n) is 7.15. The van der Waals surface area contributed by atoms with Gasteiger partial charge in [-0.25, -0.2) is 12.8 Å². The Morgan fingerprint density at radius 3 is 2.22 bits per heavy atom. The van der Waals surface area contributed by atoms with Crippen molar-refractivity contribution < 1.29 is 12.8 Å². The summed E-state index contributed by atoms with van der Waals surface area (Å²) in [6.45, 7) is 6.90. The average molecular weight is 411 g/mol. The van der Waals surface area contributed by atoms with Crippen molar-refractivity contribution in [2.45, 2.75) is 31.2 Å². The lowest BCUT2D eigenvalue weighted by atomic mass is 10.0. The molecule has 0 amide bonds. The Morgan fingerprint density at radius 1 is 1.04 bits per heavy atom. The minimum Gasteiger partial charge on any atom is -0.296 e. The molecule has 0 aromatic heterocycles. The number of piperazine rings is 1. The first-order chi connectivity index (χ1) is 12.8. The minimum atomic E-state index is -3.48. The van der Waals surface area contributed by atoms with Crippen molar-refractivity contribution in [1.82, 2.24) is 9.21 Å². The zero-order chi connectivity index (χ0) is 19.6. The van der Waals surface area contributed by atoms with Crippen LogP contribution in [0.5, 0.6) is 0 Å². The van der Waals surface area contributed by atoms with Gasteiger partial charge in [-0.1, -0.05) is 43.6 Å². The van der Waals surface area contributed by atoms with E-state index in [9.17, 15) is 12.8 Å². The highest BCUT2D eigenvalue weighted by Crippen LogP contribution is 2.22. The van der Waals surface area contributed by atoms with Crippen molar-refractivity contribution in [2.75, 3.05) is 26.2 Å². The van der Waals surface area contributed by atoms with Crippen LogP contribution in [-0.4, -0.2) is 43.8 Å². The van der Waals surface area contributed by atoms with Crippen molar-refractivity contribution in [3.8, 4) is 0 Å². The summed E-state index contributed by atoms with van der Waals surface area (Å²) in [7, 11) is -3.48. The predicted molar refractivity (Wildman–Crippen MR) is 106 cm³/mol. The van der Waals surface area contributed by atoms with Crippen molar-refractivity contribution >= 4 is 21.6 Å². The molecule has 3 rings (SSSR count). The van der Waals surface area contributed by atoms with Crippen molar-refractivity contribution in [1.29, 1.82) is 0 Å². The second-order valence-corrected chi connectivity index (χ2v) is 9.50. The Balaban J connectivity index is 1.62. The van der Waals surface area contributed by atoms with Crippen LogP contribution in [0.1, 0.15) is 30.9 Å². The third-order valence-electron chi connectivity index (χ3n) is 4.91. The first kappa shape index (κ1) is 20.3. The highest BCUT2D eigenvalue weighted by molar-refractivity contribution is 7.89. The second kappa shape index (κ2) is 8.27. The molecule has 0 aliphatic carbocycles. The van der Waals surface area contributed by atoms with Crippen LogP contribution in [0.3, 0.4) is 0 Å². The standard InChI is InChI=1S/C20H24ClFN2O2S/c1-15(2)17-4-6-18(7-5-17)27(25,26)24-11-9-23(10-12-24)14-16-3-8-20(22)19(21)13-16/h3-8,13,15H,9-12,14H2,1-2H3. The lowest BCUT2D eigenvalue weighted by molar-refractivity contribution is 0.181. The number of rotatable bonds is 5. The van der Waals surface area contributed by atoms with E-state index in [0.29, 0.717) is 43.5 Å². The van der Waals surface area contributed by atoms with E-state index >= 15 is 0 Å². The summed E-state index contributed by atoms with van der Waals surface area (Å²) < 4.78 is 40.5. The molecule has 1 aliphatic heterocycles. The maximum Gasteiger partial charge on any atom is 0.243 e. The molecule has 1 heterocycles. The molecule has 0 atom stereocenters. The Morgan fingerprint density at radius 2 is 1.67 bits per heavy atom. The van der Waals surface area contributed by atoms with Gasteiger partial charge in [0.05, 0.1) is 9.92 Å². The lowest BCUT2D eigenvalue weighted by Gasteiger charge is -2.34. The van der Waals surface area contributed by atoms with Gasteiger partial charge in [-0.15, -0.1) is 0 Å². The first-order valence-electron chi connectivity index (χ1n) is 9.04.